The molecule has 3 aliphatic rings. The zero-order chi connectivity index (χ0) is 26.2. The number of likely N-dealkylation sites (tertiary alicyclic amines) is 2. The summed E-state index contributed by atoms with van der Waals surface area (Å²) in [4.78, 5) is 33.7. The number of hydrogen-bond donors (Lipinski definition) is 0. The number of carbonyl (C=O) groups is 2. The molecular weight excluding hydrogens is 471 g/mol. The largest absolute Gasteiger partial charge is 0.497 e. The topological polar surface area (TPSA) is 56.3 Å². The molecule has 0 unspecified atom stereocenters. The number of methoxy groups -OCH3 is 1. The van der Waals surface area contributed by atoms with Crippen molar-refractivity contribution in [1.82, 2.24) is 14.7 Å². The number of urea groups is 1. The number of carbonyl (C=O) groups excluding carboxylic acids is 2. The first-order valence-corrected chi connectivity index (χ1v) is 13.2. The van der Waals surface area contributed by atoms with Crippen molar-refractivity contribution in [3.05, 3.63) is 59.4 Å². The standard InChI is InChI=1S/C29H37FN4O3/c1-31(2)28(36)34-20-29(25-19-22(30)6-9-26(25)34)12-16-32(17-13-29)23-10-14-33(15-11-23)27(35)18-21-4-7-24(37-3)8-5-21/h4-9,19,23H,10-18,20H2,1-3H3. The van der Waals surface area contributed by atoms with Crippen LogP contribution in [0.25, 0.3) is 0 Å². The van der Waals surface area contributed by atoms with Crippen molar-refractivity contribution in [2.24, 2.45) is 0 Å². The third-order valence-electron chi connectivity index (χ3n) is 8.50. The Labute approximate surface area is 218 Å². The molecule has 8 heteroatoms. The summed E-state index contributed by atoms with van der Waals surface area (Å²) in [6.45, 7) is 4.00. The molecule has 0 N–H and O–H groups in total. The number of piperidine rings is 2. The summed E-state index contributed by atoms with van der Waals surface area (Å²) in [6, 6.07) is 12.9. The number of fused-ring (bicyclic) bond motifs is 2. The van der Waals surface area contributed by atoms with E-state index in [1.807, 2.05) is 34.1 Å². The monoisotopic (exact) mass is 508 g/mol. The molecule has 0 saturated carbocycles. The highest BCUT2D eigenvalue weighted by Gasteiger charge is 2.47. The predicted molar refractivity (Wildman–Crippen MR) is 142 cm³/mol. The summed E-state index contributed by atoms with van der Waals surface area (Å²) in [5.74, 6) is 0.728. The van der Waals surface area contributed by atoms with Gasteiger partial charge < -0.3 is 19.4 Å². The number of amides is 3. The van der Waals surface area contributed by atoms with E-state index < -0.39 is 0 Å². The molecule has 5 rings (SSSR count). The predicted octanol–water partition coefficient (Wildman–Crippen LogP) is 3.90. The number of hydrogen-bond acceptors (Lipinski definition) is 4. The SMILES string of the molecule is COc1ccc(CC(=O)N2CCC(N3CCC4(CC3)CN(C(=O)N(C)C)c3ccc(F)cc34)CC2)cc1. The summed E-state index contributed by atoms with van der Waals surface area (Å²) < 4.78 is 19.5. The van der Waals surface area contributed by atoms with Crippen LogP contribution in [0.3, 0.4) is 0 Å². The maximum atomic E-state index is 14.3. The van der Waals surface area contributed by atoms with Gasteiger partial charge in [-0.3, -0.25) is 9.69 Å². The minimum absolute atomic E-state index is 0.0566. The quantitative estimate of drug-likeness (QED) is 0.629. The summed E-state index contributed by atoms with van der Waals surface area (Å²) in [7, 11) is 5.15. The first-order chi connectivity index (χ1) is 17.8. The second kappa shape index (κ2) is 10.3. The van der Waals surface area contributed by atoms with Gasteiger partial charge in [0.25, 0.3) is 0 Å². The van der Waals surface area contributed by atoms with Crippen molar-refractivity contribution in [1.29, 1.82) is 0 Å². The molecule has 3 amide bonds. The molecule has 3 heterocycles. The van der Waals surface area contributed by atoms with E-state index >= 15 is 0 Å². The summed E-state index contributed by atoms with van der Waals surface area (Å²) in [5, 5.41) is 0. The Morgan fingerprint density at radius 1 is 1.03 bits per heavy atom. The molecule has 0 aliphatic carbocycles. The van der Waals surface area contributed by atoms with E-state index in [1.165, 1.54) is 6.07 Å². The normalized spacial score (nSPS) is 19.7. The van der Waals surface area contributed by atoms with E-state index in [1.54, 1.807) is 38.2 Å². The van der Waals surface area contributed by atoms with E-state index in [0.717, 1.165) is 74.4 Å². The van der Waals surface area contributed by atoms with Crippen LogP contribution in [0.4, 0.5) is 14.9 Å². The fraction of sp³-hybridized carbons (Fsp3) is 0.517. The highest BCUT2D eigenvalue weighted by atomic mass is 19.1. The summed E-state index contributed by atoms with van der Waals surface area (Å²) in [6.07, 6.45) is 4.16. The number of nitrogens with zero attached hydrogens (tertiary/aromatic N) is 4. The van der Waals surface area contributed by atoms with Gasteiger partial charge in [-0.1, -0.05) is 12.1 Å². The van der Waals surface area contributed by atoms with Gasteiger partial charge in [0, 0.05) is 50.9 Å². The lowest BCUT2D eigenvalue weighted by Crippen LogP contribution is -2.53. The van der Waals surface area contributed by atoms with Crippen LogP contribution in [0.2, 0.25) is 0 Å². The Bertz CT molecular complexity index is 1140. The van der Waals surface area contributed by atoms with Crippen molar-refractivity contribution in [2.75, 3.05) is 58.8 Å². The molecule has 1 spiro atoms. The first-order valence-electron chi connectivity index (χ1n) is 13.2. The molecule has 7 nitrogen and oxygen atoms in total. The number of anilines is 1. The molecule has 2 saturated heterocycles. The van der Waals surface area contributed by atoms with Crippen molar-refractivity contribution in [3.63, 3.8) is 0 Å². The van der Waals surface area contributed by atoms with Crippen molar-refractivity contribution >= 4 is 17.6 Å². The number of benzene rings is 2. The molecule has 2 aromatic rings. The smallest absolute Gasteiger partial charge is 0.323 e. The molecule has 3 aliphatic heterocycles. The molecule has 0 aromatic heterocycles. The Morgan fingerprint density at radius 3 is 2.32 bits per heavy atom. The molecule has 0 bridgehead atoms. The Morgan fingerprint density at radius 2 is 1.70 bits per heavy atom. The van der Waals surface area contributed by atoms with Gasteiger partial charge >= 0.3 is 6.03 Å². The van der Waals surface area contributed by atoms with Gasteiger partial charge in [-0.15, -0.1) is 0 Å². The van der Waals surface area contributed by atoms with Crippen LogP contribution in [0, 0.1) is 5.82 Å². The third kappa shape index (κ3) is 5.04. The van der Waals surface area contributed by atoms with Crippen LogP contribution >= 0.6 is 0 Å². The van der Waals surface area contributed by atoms with Crippen LogP contribution in [0.5, 0.6) is 5.75 Å². The molecule has 2 fully saturated rings. The maximum absolute atomic E-state index is 14.3. The van der Waals surface area contributed by atoms with Gasteiger partial charge in [-0.25, -0.2) is 9.18 Å². The lowest BCUT2D eigenvalue weighted by Gasteiger charge is -2.45. The van der Waals surface area contributed by atoms with Crippen LogP contribution in [-0.4, -0.2) is 86.6 Å². The van der Waals surface area contributed by atoms with Crippen LogP contribution < -0.4 is 9.64 Å². The highest BCUT2D eigenvalue weighted by Crippen LogP contribution is 2.48. The van der Waals surface area contributed by atoms with Gasteiger partial charge in [0.05, 0.1) is 13.5 Å². The van der Waals surface area contributed by atoms with Gasteiger partial charge in [0.1, 0.15) is 11.6 Å². The van der Waals surface area contributed by atoms with Crippen LogP contribution in [0.1, 0.15) is 36.8 Å². The van der Waals surface area contributed by atoms with Crippen LogP contribution in [-0.2, 0) is 16.6 Å². The Balaban J connectivity index is 1.17. The molecule has 0 atom stereocenters. The van der Waals surface area contributed by atoms with Crippen molar-refractivity contribution < 1.29 is 18.7 Å². The number of ether oxygens (including phenoxy) is 1. The minimum atomic E-state index is -0.244. The fourth-order valence-corrected chi connectivity index (χ4v) is 6.31. The molecule has 2 aromatic carbocycles. The van der Waals surface area contributed by atoms with E-state index in [0.29, 0.717) is 19.0 Å². The summed E-state index contributed by atoms with van der Waals surface area (Å²) >= 11 is 0. The van der Waals surface area contributed by atoms with Gasteiger partial charge in [-0.2, -0.15) is 0 Å². The second-order valence-electron chi connectivity index (χ2n) is 10.9. The minimum Gasteiger partial charge on any atom is -0.497 e. The average Bonchev–Trinajstić information content (AvgIpc) is 3.22. The van der Waals surface area contributed by atoms with Crippen molar-refractivity contribution in [2.45, 2.75) is 43.6 Å². The third-order valence-corrected chi connectivity index (χ3v) is 8.50. The van der Waals surface area contributed by atoms with Crippen molar-refractivity contribution in [3.8, 4) is 5.75 Å². The van der Waals surface area contributed by atoms with E-state index in [4.69, 9.17) is 4.74 Å². The second-order valence-corrected chi connectivity index (χ2v) is 10.9. The van der Waals surface area contributed by atoms with E-state index in [9.17, 15) is 14.0 Å². The lowest BCUT2D eigenvalue weighted by atomic mass is 9.74. The Kier molecular flexibility index (Phi) is 7.12. The molecular formula is C29H37FN4O3. The van der Waals surface area contributed by atoms with E-state index in [-0.39, 0.29) is 23.2 Å². The lowest BCUT2D eigenvalue weighted by molar-refractivity contribution is -0.132. The molecule has 198 valence electrons. The van der Waals surface area contributed by atoms with Gasteiger partial charge in [0.15, 0.2) is 0 Å². The highest BCUT2D eigenvalue weighted by molar-refractivity contribution is 5.95. The zero-order valence-corrected chi connectivity index (χ0v) is 22.1. The maximum Gasteiger partial charge on any atom is 0.323 e. The zero-order valence-electron chi connectivity index (χ0n) is 22.1. The average molecular weight is 509 g/mol. The first kappa shape index (κ1) is 25.5. The van der Waals surface area contributed by atoms with E-state index in [2.05, 4.69) is 4.90 Å². The number of halogens is 1. The Hall–Kier alpha value is -3.13. The van der Waals surface area contributed by atoms with Gasteiger partial charge in [-0.05, 0) is 80.2 Å². The number of rotatable bonds is 4. The fourth-order valence-electron chi connectivity index (χ4n) is 6.31. The molecule has 0 radical (unpaired) electrons. The summed E-state index contributed by atoms with van der Waals surface area (Å²) in [5.41, 5.74) is 2.62. The van der Waals surface area contributed by atoms with Crippen LogP contribution in [0.15, 0.2) is 42.5 Å². The van der Waals surface area contributed by atoms with Gasteiger partial charge in [0.2, 0.25) is 5.91 Å². The molecule has 37 heavy (non-hydrogen) atoms.